The Morgan fingerprint density at radius 3 is 2.77 bits per heavy atom. The molecule has 2 rings (SSSR count). The van der Waals surface area contributed by atoms with Crippen LogP contribution < -0.4 is 5.73 Å². The molecule has 2 fully saturated rings. The molecule has 4 nitrogen and oxygen atoms in total. The average Bonchev–Trinajstić information content (AvgIpc) is 2.76. The highest BCUT2D eigenvalue weighted by molar-refractivity contribution is 4.71. The lowest BCUT2D eigenvalue weighted by Gasteiger charge is -2.14. The average molecular weight is 187 g/mol. The van der Waals surface area contributed by atoms with Crippen LogP contribution in [0.5, 0.6) is 0 Å². The SMILES string of the molecule is NCC1COC(CC2CCCO2)O1. The topological polar surface area (TPSA) is 53.7 Å². The molecule has 0 bridgehead atoms. The zero-order valence-corrected chi connectivity index (χ0v) is 7.78. The molecule has 76 valence electrons. The minimum atomic E-state index is -0.0864. The van der Waals surface area contributed by atoms with Gasteiger partial charge in [-0.2, -0.15) is 0 Å². The summed E-state index contributed by atoms with van der Waals surface area (Å²) in [5.41, 5.74) is 5.47. The smallest absolute Gasteiger partial charge is 0.160 e. The van der Waals surface area contributed by atoms with Crippen LogP contribution in [0.15, 0.2) is 0 Å². The van der Waals surface area contributed by atoms with Crippen LogP contribution in [0, 0.1) is 0 Å². The maximum Gasteiger partial charge on any atom is 0.160 e. The molecule has 0 aliphatic carbocycles. The summed E-state index contributed by atoms with van der Waals surface area (Å²) >= 11 is 0. The first-order valence-corrected chi connectivity index (χ1v) is 4.97. The molecule has 2 N–H and O–H groups in total. The van der Waals surface area contributed by atoms with Gasteiger partial charge in [-0.25, -0.2) is 0 Å². The Balaban J connectivity index is 1.70. The third kappa shape index (κ3) is 2.40. The van der Waals surface area contributed by atoms with E-state index in [0.717, 1.165) is 25.9 Å². The lowest BCUT2D eigenvalue weighted by atomic mass is 10.2. The zero-order valence-electron chi connectivity index (χ0n) is 7.78. The van der Waals surface area contributed by atoms with Crippen LogP contribution in [0.4, 0.5) is 0 Å². The molecule has 3 unspecified atom stereocenters. The highest BCUT2D eigenvalue weighted by Crippen LogP contribution is 2.22. The Hall–Kier alpha value is -0.160. The second kappa shape index (κ2) is 4.37. The Morgan fingerprint density at radius 1 is 1.23 bits per heavy atom. The fourth-order valence-electron chi connectivity index (χ4n) is 1.80. The maximum absolute atomic E-state index is 5.55. The Kier molecular flexibility index (Phi) is 3.16. The molecule has 0 radical (unpaired) electrons. The largest absolute Gasteiger partial charge is 0.378 e. The van der Waals surface area contributed by atoms with Crippen molar-refractivity contribution in [2.24, 2.45) is 5.73 Å². The molecule has 13 heavy (non-hydrogen) atoms. The number of rotatable bonds is 3. The van der Waals surface area contributed by atoms with Crippen molar-refractivity contribution in [1.82, 2.24) is 0 Å². The molecule has 2 aliphatic heterocycles. The first kappa shape index (κ1) is 9.40. The molecular formula is C9H17NO3. The van der Waals surface area contributed by atoms with Crippen LogP contribution in [-0.2, 0) is 14.2 Å². The third-order valence-electron chi connectivity index (χ3n) is 2.55. The summed E-state index contributed by atoms with van der Waals surface area (Å²) in [5.74, 6) is 0. The molecule has 0 aromatic carbocycles. The van der Waals surface area contributed by atoms with Crippen LogP contribution in [0.1, 0.15) is 19.3 Å². The van der Waals surface area contributed by atoms with Crippen LogP contribution in [0.25, 0.3) is 0 Å². The molecule has 2 aliphatic rings. The van der Waals surface area contributed by atoms with Crippen LogP contribution in [0.2, 0.25) is 0 Å². The highest BCUT2D eigenvalue weighted by Gasteiger charge is 2.28. The summed E-state index contributed by atoms with van der Waals surface area (Å²) in [6.45, 7) is 2.06. The van der Waals surface area contributed by atoms with Gasteiger partial charge in [-0.1, -0.05) is 0 Å². The summed E-state index contributed by atoms with van der Waals surface area (Å²) in [6.07, 6.45) is 3.50. The molecule has 3 atom stereocenters. The van der Waals surface area contributed by atoms with Crippen molar-refractivity contribution in [3.05, 3.63) is 0 Å². The molecular weight excluding hydrogens is 170 g/mol. The molecule has 2 saturated heterocycles. The fourth-order valence-corrected chi connectivity index (χ4v) is 1.80. The van der Waals surface area contributed by atoms with Gasteiger partial charge >= 0.3 is 0 Å². The molecule has 2 heterocycles. The molecule has 0 aromatic heterocycles. The second-order valence-corrected chi connectivity index (χ2v) is 3.63. The van der Waals surface area contributed by atoms with Gasteiger partial charge in [-0.05, 0) is 12.8 Å². The Labute approximate surface area is 78.3 Å². The van der Waals surface area contributed by atoms with Gasteiger partial charge in [0, 0.05) is 19.6 Å². The highest BCUT2D eigenvalue weighted by atomic mass is 16.7. The van der Waals surface area contributed by atoms with E-state index in [9.17, 15) is 0 Å². The predicted molar refractivity (Wildman–Crippen MR) is 47.3 cm³/mol. The minimum Gasteiger partial charge on any atom is -0.378 e. The van der Waals surface area contributed by atoms with Gasteiger partial charge in [0.05, 0.1) is 18.8 Å². The summed E-state index contributed by atoms with van der Waals surface area (Å²) in [6, 6.07) is 0. The predicted octanol–water partition coefficient (Wildman–Crippen LogP) is 0.256. The first-order valence-electron chi connectivity index (χ1n) is 4.97. The first-order chi connectivity index (χ1) is 6.38. The van der Waals surface area contributed by atoms with Crippen molar-refractivity contribution < 1.29 is 14.2 Å². The van der Waals surface area contributed by atoms with Crippen LogP contribution >= 0.6 is 0 Å². The summed E-state index contributed by atoms with van der Waals surface area (Å²) < 4.78 is 16.5. The monoisotopic (exact) mass is 187 g/mol. The number of hydrogen-bond acceptors (Lipinski definition) is 4. The third-order valence-corrected chi connectivity index (χ3v) is 2.55. The van der Waals surface area contributed by atoms with Crippen molar-refractivity contribution in [1.29, 1.82) is 0 Å². The number of ether oxygens (including phenoxy) is 3. The number of hydrogen-bond donors (Lipinski definition) is 1. The van der Waals surface area contributed by atoms with Gasteiger partial charge < -0.3 is 19.9 Å². The van der Waals surface area contributed by atoms with Gasteiger partial charge in [-0.3, -0.25) is 0 Å². The minimum absolute atomic E-state index is 0.0864. The van der Waals surface area contributed by atoms with Crippen molar-refractivity contribution in [2.75, 3.05) is 19.8 Å². The van der Waals surface area contributed by atoms with Gasteiger partial charge in [0.2, 0.25) is 0 Å². The van der Waals surface area contributed by atoms with Crippen LogP contribution in [0.3, 0.4) is 0 Å². The van der Waals surface area contributed by atoms with Crippen molar-refractivity contribution >= 4 is 0 Å². The van der Waals surface area contributed by atoms with E-state index >= 15 is 0 Å². The van der Waals surface area contributed by atoms with E-state index in [4.69, 9.17) is 19.9 Å². The second-order valence-electron chi connectivity index (χ2n) is 3.63. The Bertz CT molecular complexity index is 159. The standard InChI is InChI=1S/C9H17NO3/c10-5-8-6-12-9(13-8)4-7-2-1-3-11-7/h7-9H,1-6,10H2. The van der Waals surface area contributed by atoms with Crippen molar-refractivity contribution in [2.45, 2.75) is 37.8 Å². The lowest BCUT2D eigenvalue weighted by molar-refractivity contribution is -0.0844. The molecule has 0 aromatic rings. The van der Waals surface area contributed by atoms with E-state index in [1.165, 1.54) is 0 Å². The number of nitrogens with two attached hydrogens (primary N) is 1. The van der Waals surface area contributed by atoms with Gasteiger partial charge in [0.25, 0.3) is 0 Å². The lowest BCUT2D eigenvalue weighted by Crippen LogP contribution is -2.24. The van der Waals surface area contributed by atoms with Gasteiger partial charge in [-0.15, -0.1) is 0 Å². The summed E-state index contributed by atoms with van der Waals surface area (Å²) in [4.78, 5) is 0. The summed E-state index contributed by atoms with van der Waals surface area (Å²) in [7, 11) is 0. The van der Waals surface area contributed by atoms with E-state index in [1.54, 1.807) is 0 Å². The van der Waals surface area contributed by atoms with Crippen LogP contribution in [-0.4, -0.2) is 38.3 Å². The van der Waals surface area contributed by atoms with E-state index < -0.39 is 0 Å². The summed E-state index contributed by atoms with van der Waals surface area (Å²) in [5, 5.41) is 0. The zero-order chi connectivity index (χ0) is 9.10. The van der Waals surface area contributed by atoms with Crippen molar-refractivity contribution in [3.8, 4) is 0 Å². The molecule has 4 heteroatoms. The fraction of sp³-hybridized carbons (Fsp3) is 1.00. The van der Waals surface area contributed by atoms with E-state index in [-0.39, 0.29) is 12.4 Å². The maximum atomic E-state index is 5.55. The quantitative estimate of drug-likeness (QED) is 0.688. The molecule has 0 spiro atoms. The Morgan fingerprint density at radius 2 is 2.15 bits per heavy atom. The molecule has 0 amide bonds. The normalized spacial score (nSPS) is 39.9. The van der Waals surface area contributed by atoms with E-state index in [2.05, 4.69) is 0 Å². The van der Waals surface area contributed by atoms with Gasteiger partial charge in [0.1, 0.15) is 0 Å². The molecule has 0 saturated carbocycles. The van der Waals surface area contributed by atoms with E-state index in [0.29, 0.717) is 19.3 Å². The van der Waals surface area contributed by atoms with Crippen molar-refractivity contribution in [3.63, 3.8) is 0 Å². The van der Waals surface area contributed by atoms with Gasteiger partial charge in [0.15, 0.2) is 6.29 Å². The van der Waals surface area contributed by atoms with E-state index in [1.807, 2.05) is 0 Å².